The normalized spacial score (nSPS) is 13.8. The Hall–Kier alpha value is -0.320. The molecule has 2 atom stereocenters. The van der Waals surface area contributed by atoms with Crippen LogP contribution in [0.2, 0.25) is 0 Å². The van der Waals surface area contributed by atoms with Crippen molar-refractivity contribution in [2.24, 2.45) is 11.7 Å². The van der Waals surface area contributed by atoms with Crippen molar-refractivity contribution in [3.63, 3.8) is 0 Å². The molecular weight excluding hydrogens is 228 g/mol. The van der Waals surface area contributed by atoms with E-state index in [0.717, 1.165) is 19.4 Å². The molecule has 2 unspecified atom stereocenters. The molecule has 0 aromatic carbocycles. The van der Waals surface area contributed by atoms with Crippen molar-refractivity contribution < 1.29 is 9.53 Å². The van der Waals surface area contributed by atoms with Crippen molar-refractivity contribution in [3.05, 3.63) is 0 Å². The van der Waals surface area contributed by atoms with Crippen molar-refractivity contribution >= 4 is 18.3 Å². The fourth-order valence-corrected chi connectivity index (χ4v) is 1.16. The van der Waals surface area contributed by atoms with Crippen LogP contribution >= 0.6 is 12.4 Å². The second-order valence-electron chi connectivity index (χ2n) is 3.75. The van der Waals surface area contributed by atoms with Crippen LogP contribution in [0.4, 0.5) is 0 Å². The molecule has 3 N–H and O–H groups in total. The van der Waals surface area contributed by atoms with Crippen LogP contribution in [-0.4, -0.2) is 31.7 Å². The van der Waals surface area contributed by atoms with E-state index >= 15 is 0 Å². The minimum atomic E-state index is -0.387. The molecule has 0 aliphatic rings. The summed E-state index contributed by atoms with van der Waals surface area (Å²) in [5.74, 6) is 0.178. The summed E-state index contributed by atoms with van der Waals surface area (Å²) in [5, 5.41) is 2.81. The van der Waals surface area contributed by atoms with E-state index in [-0.39, 0.29) is 30.3 Å². The number of halogens is 1. The summed E-state index contributed by atoms with van der Waals surface area (Å²) in [4.78, 5) is 11.5. The van der Waals surface area contributed by atoms with Gasteiger partial charge in [-0.25, -0.2) is 0 Å². The number of carbonyl (C=O) groups is 1. The molecule has 98 valence electrons. The summed E-state index contributed by atoms with van der Waals surface area (Å²) in [7, 11) is 0. The maximum absolute atomic E-state index is 11.5. The molecule has 0 saturated heterocycles. The fourth-order valence-electron chi connectivity index (χ4n) is 1.16. The van der Waals surface area contributed by atoms with Crippen molar-refractivity contribution in [2.75, 3.05) is 19.8 Å². The lowest BCUT2D eigenvalue weighted by Crippen LogP contribution is -2.44. The molecule has 0 fully saturated rings. The van der Waals surface area contributed by atoms with Crippen LogP contribution in [0.3, 0.4) is 0 Å². The molecule has 0 heterocycles. The zero-order chi connectivity index (χ0) is 11.7. The highest BCUT2D eigenvalue weighted by molar-refractivity contribution is 5.85. The van der Waals surface area contributed by atoms with Crippen molar-refractivity contribution in [3.8, 4) is 0 Å². The lowest BCUT2D eigenvalue weighted by Gasteiger charge is -2.17. The van der Waals surface area contributed by atoms with Gasteiger partial charge in [-0.3, -0.25) is 4.79 Å². The van der Waals surface area contributed by atoms with Gasteiger partial charge in [0.15, 0.2) is 0 Å². The van der Waals surface area contributed by atoms with Crippen LogP contribution < -0.4 is 11.1 Å². The van der Waals surface area contributed by atoms with Gasteiger partial charge in [0.1, 0.15) is 0 Å². The first-order chi connectivity index (χ1) is 7.13. The van der Waals surface area contributed by atoms with Gasteiger partial charge < -0.3 is 15.8 Å². The summed E-state index contributed by atoms with van der Waals surface area (Å²) in [6.07, 6.45) is 1.76. The third-order valence-electron chi connectivity index (χ3n) is 2.53. The number of ether oxygens (including phenoxy) is 1. The molecule has 16 heavy (non-hydrogen) atoms. The molecular formula is C11H25ClN2O2. The Morgan fingerprint density at radius 1 is 1.44 bits per heavy atom. The number of hydrogen-bond acceptors (Lipinski definition) is 3. The first-order valence-electron chi connectivity index (χ1n) is 5.74. The minimum Gasteiger partial charge on any atom is -0.382 e. The van der Waals surface area contributed by atoms with Gasteiger partial charge in [0.2, 0.25) is 5.91 Å². The Labute approximate surface area is 105 Å². The average molecular weight is 253 g/mol. The van der Waals surface area contributed by atoms with E-state index in [1.54, 1.807) is 0 Å². The second-order valence-corrected chi connectivity index (χ2v) is 3.75. The third kappa shape index (κ3) is 7.91. The topological polar surface area (TPSA) is 64.3 Å². The molecule has 5 heteroatoms. The van der Waals surface area contributed by atoms with E-state index in [1.165, 1.54) is 0 Å². The lowest BCUT2D eigenvalue weighted by atomic mass is 9.99. The zero-order valence-corrected chi connectivity index (χ0v) is 11.3. The SMILES string of the molecule is CCOCCCNC(=O)C(N)C(C)CC.Cl. The van der Waals surface area contributed by atoms with Crippen LogP contribution in [0.25, 0.3) is 0 Å². The molecule has 0 aliphatic heterocycles. The van der Waals surface area contributed by atoms with Gasteiger partial charge in [-0.2, -0.15) is 0 Å². The van der Waals surface area contributed by atoms with Gasteiger partial charge in [-0.05, 0) is 19.3 Å². The van der Waals surface area contributed by atoms with E-state index in [4.69, 9.17) is 10.5 Å². The van der Waals surface area contributed by atoms with Crippen molar-refractivity contribution in [1.82, 2.24) is 5.32 Å². The number of hydrogen-bond donors (Lipinski definition) is 2. The predicted octanol–water partition coefficient (Wildman–Crippen LogP) is 1.32. The van der Waals surface area contributed by atoms with Crippen molar-refractivity contribution in [1.29, 1.82) is 0 Å². The number of rotatable bonds is 8. The van der Waals surface area contributed by atoms with Crippen LogP contribution in [0, 0.1) is 5.92 Å². The van der Waals surface area contributed by atoms with Crippen molar-refractivity contribution in [2.45, 2.75) is 39.7 Å². The predicted molar refractivity (Wildman–Crippen MR) is 68.8 cm³/mol. The number of nitrogens with two attached hydrogens (primary N) is 1. The fraction of sp³-hybridized carbons (Fsp3) is 0.909. The third-order valence-corrected chi connectivity index (χ3v) is 2.53. The second kappa shape index (κ2) is 11.2. The maximum Gasteiger partial charge on any atom is 0.237 e. The molecule has 0 rings (SSSR count). The Bertz CT molecular complexity index is 179. The van der Waals surface area contributed by atoms with Gasteiger partial charge in [-0.1, -0.05) is 20.3 Å². The van der Waals surface area contributed by atoms with Gasteiger partial charge >= 0.3 is 0 Å². The lowest BCUT2D eigenvalue weighted by molar-refractivity contribution is -0.123. The van der Waals surface area contributed by atoms with Crippen LogP contribution in [0.5, 0.6) is 0 Å². The van der Waals surface area contributed by atoms with Gasteiger partial charge in [-0.15, -0.1) is 12.4 Å². The number of nitrogens with one attached hydrogen (secondary N) is 1. The monoisotopic (exact) mass is 252 g/mol. The van der Waals surface area contributed by atoms with E-state index in [2.05, 4.69) is 5.32 Å². The van der Waals surface area contributed by atoms with E-state index < -0.39 is 0 Å². The molecule has 1 amide bonds. The first kappa shape index (κ1) is 18.1. The first-order valence-corrected chi connectivity index (χ1v) is 5.74. The standard InChI is InChI=1S/C11H24N2O2.ClH/c1-4-9(3)10(12)11(14)13-7-6-8-15-5-2;/h9-10H,4-8,12H2,1-3H3,(H,13,14);1H. The van der Waals surface area contributed by atoms with Crippen LogP contribution in [-0.2, 0) is 9.53 Å². The summed E-state index contributed by atoms with van der Waals surface area (Å²) >= 11 is 0. The summed E-state index contributed by atoms with van der Waals surface area (Å²) < 4.78 is 5.16. The minimum absolute atomic E-state index is 0. The Morgan fingerprint density at radius 2 is 2.06 bits per heavy atom. The highest BCUT2D eigenvalue weighted by atomic mass is 35.5. The quantitative estimate of drug-likeness (QED) is 0.641. The molecule has 0 aromatic rings. The molecule has 0 aromatic heterocycles. The van der Waals surface area contributed by atoms with Gasteiger partial charge in [0.05, 0.1) is 6.04 Å². The average Bonchev–Trinajstić information content (AvgIpc) is 2.26. The summed E-state index contributed by atoms with van der Waals surface area (Å²) in [6.45, 7) is 8.04. The Balaban J connectivity index is 0. The molecule has 4 nitrogen and oxygen atoms in total. The largest absolute Gasteiger partial charge is 0.382 e. The summed E-state index contributed by atoms with van der Waals surface area (Å²) in [5.41, 5.74) is 5.77. The highest BCUT2D eigenvalue weighted by Crippen LogP contribution is 2.04. The smallest absolute Gasteiger partial charge is 0.237 e. The molecule has 0 aliphatic carbocycles. The Morgan fingerprint density at radius 3 is 2.56 bits per heavy atom. The van der Waals surface area contributed by atoms with Crippen LogP contribution in [0.1, 0.15) is 33.6 Å². The van der Waals surface area contributed by atoms with Gasteiger partial charge in [0.25, 0.3) is 0 Å². The van der Waals surface area contributed by atoms with E-state index in [9.17, 15) is 4.79 Å². The molecule has 0 radical (unpaired) electrons. The molecule has 0 saturated carbocycles. The van der Waals surface area contributed by atoms with Crippen LogP contribution in [0.15, 0.2) is 0 Å². The molecule has 0 spiro atoms. The molecule has 0 bridgehead atoms. The Kier molecular flexibility index (Phi) is 12.6. The number of amides is 1. The van der Waals surface area contributed by atoms with E-state index in [0.29, 0.717) is 13.2 Å². The highest BCUT2D eigenvalue weighted by Gasteiger charge is 2.18. The number of carbonyl (C=O) groups excluding carboxylic acids is 1. The van der Waals surface area contributed by atoms with Gasteiger partial charge in [0, 0.05) is 19.8 Å². The maximum atomic E-state index is 11.5. The summed E-state index contributed by atoms with van der Waals surface area (Å²) in [6, 6.07) is -0.387. The van der Waals surface area contributed by atoms with E-state index in [1.807, 2.05) is 20.8 Å². The zero-order valence-electron chi connectivity index (χ0n) is 10.5.